The first-order valence-electron chi connectivity index (χ1n) is 11.4. The van der Waals surface area contributed by atoms with Crippen molar-refractivity contribution in [2.75, 3.05) is 0 Å². The number of amides is 1. The van der Waals surface area contributed by atoms with E-state index in [1.165, 1.54) is 0 Å². The highest BCUT2D eigenvalue weighted by atomic mass is 16.2. The minimum absolute atomic E-state index is 0.00961. The van der Waals surface area contributed by atoms with Crippen molar-refractivity contribution < 1.29 is 4.79 Å². The molecule has 2 N–H and O–H groups in total. The van der Waals surface area contributed by atoms with Gasteiger partial charge in [0.2, 0.25) is 5.91 Å². The number of para-hydroxylation sites is 2. The molecule has 5 heterocycles. The molecular formula is C28H21N5O. The summed E-state index contributed by atoms with van der Waals surface area (Å²) < 4.78 is 2.19. The Morgan fingerprint density at radius 1 is 1.03 bits per heavy atom. The third-order valence-electron chi connectivity index (χ3n) is 6.89. The summed E-state index contributed by atoms with van der Waals surface area (Å²) in [5, 5.41) is 4.44. The van der Waals surface area contributed by atoms with Gasteiger partial charge in [0, 0.05) is 58.1 Å². The van der Waals surface area contributed by atoms with E-state index in [4.69, 9.17) is 0 Å². The zero-order chi connectivity index (χ0) is 22.6. The Balaban J connectivity index is 1.30. The number of hydrogen-bond acceptors (Lipinski definition) is 3. The molecule has 34 heavy (non-hydrogen) atoms. The van der Waals surface area contributed by atoms with Crippen molar-refractivity contribution in [3.63, 3.8) is 0 Å². The molecule has 0 saturated heterocycles. The van der Waals surface area contributed by atoms with Crippen LogP contribution in [0, 0.1) is 0 Å². The van der Waals surface area contributed by atoms with Crippen LogP contribution in [0.1, 0.15) is 35.2 Å². The van der Waals surface area contributed by atoms with Crippen LogP contribution in [0.5, 0.6) is 0 Å². The molecule has 2 aromatic carbocycles. The fourth-order valence-corrected chi connectivity index (χ4v) is 5.29. The number of aromatic nitrogens is 3. The summed E-state index contributed by atoms with van der Waals surface area (Å²) in [5.41, 5.74) is 7.33. The lowest BCUT2D eigenvalue weighted by molar-refractivity contribution is -0.122. The quantitative estimate of drug-likeness (QED) is 0.390. The number of rotatable bonds is 3. The Labute approximate surface area is 196 Å². The van der Waals surface area contributed by atoms with Crippen LogP contribution in [0.3, 0.4) is 0 Å². The molecule has 2 unspecified atom stereocenters. The molecule has 2 aliphatic rings. The Morgan fingerprint density at radius 3 is 2.94 bits per heavy atom. The lowest BCUT2D eigenvalue weighted by Gasteiger charge is -2.21. The molecule has 7 rings (SSSR count). The highest BCUT2D eigenvalue weighted by Gasteiger charge is 2.34. The molecule has 0 radical (unpaired) electrons. The smallest absolute Gasteiger partial charge is 0.228 e. The van der Waals surface area contributed by atoms with Crippen LogP contribution in [0.2, 0.25) is 0 Å². The van der Waals surface area contributed by atoms with Crippen molar-refractivity contribution >= 4 is 28.8 Å². The van der Waals surface area contributed by atoms with Crippen LogP contribution in [-0.4, -0.2) is 26.7 Å². The van der Waals surface area contributed by atoms with Gasteiger partial charge >= 0.3 is 0 Å². The molecule has 0 aliphatic carbocycles. The predicted octanol–water partition coefficient (Wildman–Crippen LogP) is 5.43. The summed E-state index contributed by atoms with van der Waals surface area (Å²) in [6.07, 6.45) is 8.25. The number of nitrogens with one attached hydrogen (secondary N) is 2. The number of aromatic amines is 1. The van der Waals surface area contributed by atoms with Crippen LogP contribution < -0.4 is 5.32 Å². The van der Waals surface area contributed by atoms with Crippen LogP contribution in [0.15, 0.2) is 90.3 Å². The molecule has 0 fully saturated rings. The van der Waals surface area contributed by atoms with E-state index in [0.717, 1.165) is 50.4 Å². The van der Waals surface area contributed by atoms with Crippen molar-refractivity contribution in [3.05, 3.63) is 102 Å². The molecule has 2 atom stereocenters. The highest BCUT2D eigenvalue weighted by molar-refractivity contribution is 5.91. The van der Waals surface area contributed by atoms with E-state index in [1.807, 2.05) is 48.9 Å². The second kappa shape index (κ2) is 7.28. The topological polar surface area (TPSA) is 75.1 Å². The Kier molecular flexibility index (Phi) is 4.08. The second-order valence-corrected chi connectivity index (χ2v) is 8.79. The van der Waals surface area contributed by atoms with Crippen LogP contribution in [-0.2, 0) is 4.79 Å². The van der Waals surface area contributed by atoms with Gasteiger partial charge in [-0.2, -0.15) is 0 Å². The molecule has 5 aromatic rings. The summed E-state index contributed by atoms with van der Waals surface area (Å²) in [6, 6.07) is 22.5. The first-order chi connectivity index (χ1) is 16.8. The van der Waals surface area contributed by atoms with E-state index in [1.54, 1.807) is 0 Å². The maximum atomic E-state index is 13.5. The Morgan fingerprint density at radius 2 is 1.97 bits per heavy atom. The first-order valence-corrected chi connectivity index (χ1v) is 11.4. The number of carbonyl (C=O) groups is 1. The molecule has 6 heteroatoms. The molecule has 6 nitrogen and oxygen atoms in total. The van der Waals surface area contributed by atoms with Crippen molar-refractivity contribution in [1.82, 2.24) is 19.9 Å². The number of carbonyl (C=O) groups excluding carboxylic acids is 1. The fourth-order valence-electron chi connectivity index (χ4n) is 5.29. The number of hydrogen-bond donors (Lipinski definition) is 2. The minimum atomic E-state index is -0.251. The highest BCUT2D eigenvalue weighted by Crippen LogP contribution is 2.43. The van der Waals surface area contributed by atoms with Crippen molar-refractivity contribution in [2.24, 2.45) is 4.99 Å². The van der Waals surface area contributed by atoms with Crippen LogP contribution in [0.4, 0.5) is 5.82 Å². The number of fused-ring (bicyclic) bond motifs is 5. The minimum Gasteiger partial charge on any atom is -0.346 e. The molecule has 2 aliphatic heterocycles. The first kappa shape index (κ1) is 19.1. The van der Waals surface area contributed by atoms with Gasteiger partial charge in [-0.3, -0.25) is 9.78 Å². The molecule has 0 bridgehead atoms. The number of pyridine rings is 1. The van der Waals surface area contributed by atoms with E-state index >= 15 is 0 Å². The zero-order valence-electron chi connectivity index (χ0n) is 18.3. The SMILES string of the molecule is O=C(NC1c2cccc(-c3cnc4ccccc4c3)c2-n2cccc21)C1CC=Nc2[nH]ccc21. The van der Waals surface area contributed by atoms with Crippen molar-refractivity contribution in [3.8, 4) is 16.8 Å². The number of aliphatic imine (C=N–C) groups is 1. The average Bonchev–Trinajstić information content (AvgIpc) is 3.61. The van der Waals surface area contributed by atoms with Gasteiger partial charge in [0.1, 0.15) is 5.82 Å². The normalized spacial score (nSPS) is 17.9. The van der Waals surface area contributed by atoms with Crippen LogP contribution in [0.25, 0.3) is 27.7 Å². The maximum Gasteiger partial charge on any atom is 0.228 e. The number of nitrogens with zero attached hydrogens (tertiary/aromatic N) is 3. The molecule has 3 aromatic heterocycles. The van der Waals surface area contributed by atoms with E-state index in [0.29, 0.717) is 6.42 Å². The van der Waals surface area contributed by atoms with Gasteiger partial charge in [0.25, 0.3) is 0 Å². The summed E-state index contributed by atoms with van der Waals surface area (Å²) in [5.74, 6) is 0.530. The summed E-state index contributed by atoms with van der Waals surface area (Å²) in [4.78, 5) is 25.6. The lowest BCUT2D eigenvalue weighted by atomic mass is 9.93. The monoisotopic (exact) mass is 443 g/mol. The summed E-state index contributed by atoms with van der Waals surface area (Å²) >= 11 is 0. The average molecular weight is 444 g/mol. The number of H-pyrrole nitrogens is 1. The summed E-state index contributed by atoms with van der Waals surface area (Å²) in [6.45, 7) is 0. The van der Waals surface area contributed by atoms with E-state index in [9.17, 15) is 4.79 Å². The lowest BCUT2D eigenvalue weighted by Crippen LogP contribution is -2.33. The number of benzene rings is 2. The van der Waals surface area contributed by atoms with Gasteiger partial charge in [-0.05, 0) is 36.8 Å². The van der Waals surface area contributed by atoms with Gasteiger partial charge in [0.15, 0.2) is 0 Å². The standard InChI is InChI=1S/C28H21N5O/c34-28(21-11-13-30-27-20(21)10-12-29-27)32-25-22-7-3-6-19(26(22)33-14-4-9-24(25)33)18-15-17-5-1-2-8-23(17)31-16-18/h1-10,12-16,21,25,29H,11H2,(H,32,34). The fraction of sp³-hybridized carbons (Fsp3) is 0.107. The predicted molar refractivity (Wildman–Crippen MR) is 133 cm³/mol. The summed E-state index contributed by atoms with van der Waals surface area (Å²) in [7, 11) is 0. The molecule has 1 amide bonds. The molecule has 164 valence electrons. The van der Waals surface area contributed by atoms with Gasteiger partial charge in [-0.25, -0.2) is 4.99 Å². The largest absolute Gasteiger partial charge is 0.346 e. The van der Waals surface area contributed by atoms with Gasteiger partial charge < -0.3 is 14.9 Å². The van der Waals surface area contributed by atoms with Crippen LogP contribution >= 0.6 is 0 Å². The van der Waals surface area contributed by atoms with E-state index in [-0.39, 0.29) is 17.9 Å². The van der Waals surface area contributed by atoms with Gasteiger partial charge in [0.05, 0.1) is 23.2 Å². The third kappa shape index (κ3) is 2.78. The zero-order valence-corrected chi connectivity index (χ0v) is 18.3. The van der Waals surface area contributed by atoms with Crippen molar-refractivity contribution in [1.29, 1.82) is 0 Å². The van der Waals surface area contributed by atoms with E-state index < -0.39 is 0 Å². The molecule has 0 saturated carbocycles. The van der Waals surface area contributed by atoms with E-state index in [2.05, 4.69) is 67.4 Å². The van der Waals surface area contributed by atoms with Crippen molar-refractivity contribution in [2.45, 2.75) is 18.4 Å². The molecule has 0 spiro atoms. The third-order valence-corrected chi connectivity index (χ3v) is 6.89. The maximum absolute atomic E-state index is 13.5. The Bertz CT molecular complexity index is 1610. The van der Waals surface area contributed by atoms with Gasteiger partial charge in [-0.15, -0.1) is 0 Å². The molecular weight excluding hydrogens is 422 g/mol. The second-order valence-electron chi connectivity index (χ2n) is 8.79. The Hall–Kier alpha value is -4.45. The van der Waals surface area contributed by atoms with Gasteiger partial charge in [-0.1, -0.05) is 36.4 Å².